The number of hydrogen-bond acceptors (Lipinski definition) is 2. The van der Waals surface area contributed by atoms with Crippen molar-refractivity contribution in [3.05, 3.63) is 29.8 Å². The molecule has 2 rings (SSSR count). The van der Waals surface area contributed by atoms with Crippen molar-refractivity contribution in [1.82, 2.24) is 10.6 Å². The van der Waals surface area contributed by atoms with E-state index in [9.17, 15) is 4.79 Å². The highest BCUT2D eigenvalue weighted by Crippen LogP contribution is 2.25. The summed E-state index contributed by atoms with van der Waals surface area (Å²) < 4.78 is 0. The summed E-state index contributed by atoms with van der Waals surface area (Å²) in [7, 11) is 1.87. The van der Waals surface area contributed by atoms with Gasteiger partial charge in [0, 0.05) is 12.2 Å². The Morgan fingerprint density at radius 2 is 2.13 bits per heavy atom. The minimum absolute atomic E-state index is 0. The van der Waals surface area contributed by atoms with Crippen LogP contribution < -0.4 is 16.0 Å². The second kappa shape index (κ2) is 5.00. The Morgan fingerprint density at radius 1 is 1.40 bits per heavy atom. The molecule has 1 heterocycles. The van der Waals surface area contributed by atoms with Crippen LogP contribution in [-0.2, 0) is 0 Å². The van der Waals surface area contributed by atoms with E-state index >= 15 is 0 Å². The van der Waals surface area contributed by atoms with Gasteiger partial charge in [-0.05, 0) is 18.7 Å². The number of anilines is 1. The van der Waals surface area contributed by atoms with Gasteiger partial charge in [-0.25, -0.2) is 4.79 Å². The maximum atomic E-state index is 11.3. The molecular weight excluding hydrogens is 214 g/mol. The highest BCUT2D eigenvalue weighted by atomic mass is 35.5. The maximum Gasteiger partial charge on any atom is 0.319 e. The molecule has 0 fully saturated rings. The van der Waals surface area contributed by atoms with Crippen LogP contribution in [0.4, 0.5) is 10.5 Å². The Labute approximate surface area is 94.8 Å². The van der Waals surface area contributed by atoms with Crippen molar-refractivity contribution in [3.8, 4) is 0 Å². The summed E-state index contributed by atoms with van der Waals surface area (Å²) in [6, 6.07) is 7.75. The van der Waals surface area contributed by atoms with E-state index in [2.05, 4.69) is 16.0 Å². The first-order valence-corrected chi connectivity index (χ1v) is 4.62. The number of para-hydroxylation sites is 1. The number of amides is 2. The summed E-state index contributed by atoms with van der Waals surface area (Å²) in [4.78, 5) is 11.3. The van der Waals surface area contributed by atoms with Gasteiger partial charge >= 0.3 is 6.03 Å². The Hall–Kier alpha value is -1.26. The van der Waals surface area contributed by atoms with Crippen LogP contribution in [0.1, 0.15) is 11.6 Å². The van der Waals surface area contributed by atoms with E-state index in [-0.39, 0.29) is 24.5 Å². The first-order chi connectivity index (χ1) is 6.81. The second-order valence-electron chi connectivity index (χ2n) is 3.30. The van der Waals surface area contributed by atoms with Crippen molar-refractivity contribution in [2.75, 3.05) is 18.9 Å². The SMILES string of the molecule is CNCC1NC(=O)Nc2ccccc21.Cl. The zero-order valence-corrected chi connectivity index (χ0v) is 9.23. The number of rotatable bonds is 2. The highest BCUT2D eigenvalue weighted by molar-refractivity contribution is 5.92. The van der Waals surface area contributed by atoms with Gasteiger partial charge in [0.2, 0.25) is 0 Å². The molecule has 3 N–H and O–H groups in total. The summed E-state index contributed by atoms with van der Waals surface area (Å²) in [5.74, 6) is 0. The van der Waals surface area contributed by atoms with Crippen LogP contribution in [0.2, 0.25) is 0 Å². The van der Waals surface area contributed by atoms with Crippen molar-refractivity contribution in [3.63, 3.8) is 0 Å². The minimum atomic E-state index is -0.135. The number of nitrogens with one attached hydrogen (secondary N) is 3. The molecule has 15 heavy (non-hydrogen) atoms. The molecule has 0 spiro atoms. The molecule has 5 heteroatoms. The third kappa shape index (κ3) is 2.40. The molecule has 2 amide bonds. The zero-order valence-electron chi connectivity index (χ0n) is 8.41. The molecule has 1 aromatic carbocycles. The molecule has 82 valence electrons. The van der Waals surface area contributed by atoms with Gasteiger partial charge in [0.1, 0.15) is 0 Å². The number of carbonyl (C=O) groups excluding carboxylic acids is 1. The number of fused-ring (bicyclic) bond motifs is 1. The lowest BCUT2D eigenvalue weighted by atomic mass is 10.0. The fourth-order valence-electron chi connectivity index (χ4n) is 1.67. The molecule has 0 saturated carbocycles. The second-order valence-corrected chi connectivity index (χ2v) is 3.30. The van der Waals surface area contributed by atoms with Crippen molar-refractivity contribution in [1.29, 1.82) is 0 Å². The molecule has 1 aliphatic heterocycles. The largest absolute Gasteiger partial charge is 0.330 e. The molecule has 1 aromatic rings. The van der Waals surface area contributed by atoms with Gasteiger partial charge in [-0.3, -0.25) is 0 Å². The van der Waals surface area contributed by atoms with Crippen LogP contribution >= 0.6 is 12.4 Å². The summed E-state index contributed by atoms with van der Waals surface area (Å²) in [5, 5.41) is 8.69. The molecule has 0 bridgehead atoms. The van der Waals surface area contributed by atoms with Crippen molar-refractivity contribution < 1.29 is 4.79 Å². The fraction of sp³-hybridized carbons (Fsp3) is 0.300. The average molecular weight is 228 g/mol. The van der Waals surface area contributed by atoms with Gasteiger partial charge in [-0.2, -0.15) is 0 Å². The third-order valence-electron chi connectivity index (χ3n) is 2.30. The predicted molar refractivity (Wildman–Crippen MR) is 62.5 cm³/mol. The Kier molecular flexibility index (Phi) is 3.94. The van der Waals surface area contributed by atoms with E-state index in [0.717, 1.165) is 17.8 Å². The number of benzene rings is 1. The monoisotopic (exact) mass is 227 g/mol. The Bertz CT molecular complexity index is 356. The lowest BCUT2D eigenvalue weighted by Crippen LogP contribution is -2.41. The standard InChI is InChI=1S/C10H13N3O.ClH/c1-11-6-9-7-4-2-3-5-8(7)12-10(14)13-9;/h2-5,9,11H,6H2,1H3,(H2,12,13,14);1H. The number of hydrogen-bond donors (Lipinski definition) is 3. The third-order valence-corrected chi connectivity index (χ3v) is 2.30. The van der Waals surface area contributed by atoms with E-state index in [1.807, 2.05) is 31.3 Å². The van der Waals surface area contributed by atoms with Crippen LogP contribution in [0.3, 0.4) is 0 Å². The van der Waals surface area contributed by atoms with Gasteiger partial charge in [0.15, 0.2) is 0 Å². The topological polar surface area (TPSA) is 53.2 Å². The van der Waals surface area contributed by atoms with Crippen molar-refractivity contribution in [2.24, 2.45) is 0 Å². The number of halogens is 1. The average Bonchev–Trinajstić information content (AvgIpc) is 2.18. The number of carbonyl (C=O) groups is 1. The lowest BCUT2D eigenvalue weighted by Gasteiger charge is -2.26. The molecule has 0 saturated heterocycles. The summed E-state index contributed by atoms with van der Waals surface area (Å²) in [6.07, 6.45) is 0. The van der Waals surface area contributed by atoms with Crippen LogP contribution in [0.15, 0.2) is 24.3 Å². The van der Waals surface area contributed by atoms with E-state index in [0.29, 0.717) is 0 Å². The highest BCUT2D eigenvalue weighted by Gasteiger charge is 2.22. The summed E-state index contributed by atoms with van der Waals surface area (Å²) >= 11 is 0. The van der Waals surface area contributed by atoms with E-state index < -0.39 is 0 Å². The molecule has 1 unspecified atom stereocenters. The van der Waals surface area contributed by atoms with E-state index in [1.54, 1.807) is 0 Å². The first kappa shape index (κ1) is 11.8. The quantitative estimate of drug-likeness (QED) is 0.717. The molecule has 0 radical (unpaired) electrons. The summed E-state index contributed by atoms with van der Waals surface area (Å²) in [6.45, 7) is 0.741. The van der Waals surface area contributed by atoms with Gasteiger partial charge in [-0.1, -0.05) is 18.2 Å². The van der Waals surface area contributed by atoms with Gasteiger partial charge in [0.25, 0.3) is 0 Å². The molecule has 1 aliphatic rings. The van der Waals surface area contributed by atoms with Crippen LogP contribution in [0, 0.1) is 0 Å². The maximum absolute atomic E-state index is 11.3. The molecular formula is C10H14ClN3O. The predicted octanol–water partition coefficient (Wildman–Crippen LogP) is 1.50. The number of urea groups is 1. The molecule has 4 nitrogen and oxygen atoms in total. The Balaban J connectivity index is 0.00000112. The first-order valence-electron chi connectivity index (χ1n) is 4.62. The molecule has 1 atom stereocenters. The van der Waals surface area contributed by atoms with E-state index in [4.69, 9.17) is 0 Å². The summed E-state index contributed by atoms with van der Waals surface area (Å²) in [5.41, 5.74) is 2.03. The van der Waals surface area contributed by atoms with E-state index in [1.165, 1.54) is 0 Å². The van der Waals surface area contributed by atoms with Crippen LogP contribution in [-0.4, -0.2) is 19.6 Å². The zero-order chi connectivity index (χ0) is 9.97. The number of likely N-dealkylation sites (N-methyl/N-ethyl adjacent to an activating group) is 1. The fourth-order valence-corrected chi connectivity index (χ4v) is 1.67. The van der Waals surface area contributed by atoms with Gasteiger partial charge in [0.05, 0.1) is 6.04 Å². The smallest absolute Gasteiger partial charge is 0.319 e. The molecule has 0 aliphatic carbocycles. The van der Waals surface area contributed by atoms with Crippen molar-refractivity contribution in [2.45, 2.75) is 6.04 Å². The Morgan fingerprint density at radius 3 is 2.87 bits per heavy atom. The van der Waals surface area contributed by atoms with Gasteiger partial charge < -0.3 is 16.0 Å². The van der Waals surface area contributed by atoms with Gasteiger partial charge in [-0.15, -0.1) is 12.4 Å². The van der Waals surface area contributed by atoms with Crippen molar-refractivity contribution >= 4 is 24.1 Å². The van der Waals surface area contributed by atoms with Crippen LogP contribution in [0.25, 0.3) is 0 Å². The lowest BCUT2D eigenvalue weighted by molar-refractivity contribution is 0.247. The minimum Gasteiger partial charge on any atom is -0.330 e. The molecule has 0 aromatic heterocycles. The normalized spacial score (nSPS) is 18.2. The van der Waals surface area contributed by atoms with Crippen LogP contribution in [0.5, 0.6) is 0 Å².